The van der Waals surface area contributed by atoms with E-state index in [0.717, 1.165) is 23.7 Å². The van der Waals surface area contributed by atoms with Crippen molar-refractivity contribution >= 4 is 25.8 Å². The van der Waals surface area contributed by atoms with Gasteiger partial charge in [-0.1, -0.05) is 28.1 Å². The zero-order valence-electron chi connectivity index (χ0n) is 10.0. The van der Waals surface area contributed by atoms with Gasteiger partial charge in [0.1, 0.15) is 5.75 Å². The van der Waals surface area contributed by atoms with E-state index in [4.69, 9.17) is 0 Å². The van der Waals surface area contributed by atoms with E-state index in [1.165, 1.54) is 0 Å². The largest absolute Gasteiger partial charge is 0.508 e. The van der Waals surface area contributed by atoms with Crippen LogP contribution in [0, 0.1) is 11.8 Å². The molecule has 1 saturated heterocycles. The smallest absolute Gasteiger partial charge is 0.150 e. The van der Waals surface area contributed by atoms with Crippen molar-refractivity contribution in [3.05, 3.63) is 29.8 Å². The van der Waals surface area contributed by atoms with E-state index in [-0.39, 0.29) is 11.7 Å². The lowest BCUT2D eigenvalue weighted by Crippen LogP contribution is -2.20. The van der Waals surface area contributed by atoms with E-state index >= 15 is 0 Å². The lowest BCUT2D eigenvalue weighted by Gasteiger charge is -2.20. The van der Waals surface area contributed by atoms with Gasteiger partial charge >= 0.3 is 0 Å². The first-order chi connectivity index (χ1) is 8.50. The van der Waals surface area contributed by atoms with Crippen molar-refractivity contribution in [1.82, 2.24) is 0 Å². The predicted octanol–water partition coefficient (Wildman–Crippen LogP) is 2.38. The first-order valence-corrected chi connectivity index (χ1v) is 8.99. The first-order valence-electron chi connectivity index (χ1n) is 6.04. The third-order valence-electron chi connectivity index (χ3n) is 3.54. The van der Waals surface area contributed by atoms with Crippen molar-refractivity contribution in [2.75, 3.05) is 16.8 Å². The molecule has 1 heterocycles. The third kappa shape index (κ3) is 3.48. The predicted molar refractivity (Wildman–Crippen MR) is 75.9 cm³/mol. The monoisotopic (exact) mass is 332 g/mol. The van der Waals surface area contributed by atoms with Gasteiger partial charge in [-0.2, -0.15) is 0 Å². The van der Waals surface area contributed by atoms with E-state index in [0.29, 0.717) is 17.4 Å². The maximum Gasteiger partial charge on any atom is 0.150 e. The Morgan fingerprint density at radius 3 is 2.78 bits per heavy atom. The van der Waals surface area contributed by atoms with Crippen molar-refractivity contribution in [1.29, 1.82) is 0 Å². The van der Waals surface area contributed by atoms with Crippen LogP contribution < -0.4 is 0 Å². The van der Waals surface area contributed by atoms with E-state index in [1.54, 1.807) is 12.1 Å². The molecule has 2 rings (SSSR count). The number of phenols is 1. The number of hydrogen-bond donors (Lipinski definition) is 1. The van der Waals surface area contributed by atoms with E-state index < -0.39 is 9.84 Å². The van der Waals surface area contributed by atoms with Gasteiger partial charge in [-0.15, -0.1) is 0 Å². The van der Waals surface area contributed by atoms with E-state index in [9.17, 15) is 13.5 Å². The lowest BCUT2D eigenvalue weighted by molar-refractivity contribution is 0.401. The van der Waals surface area contributed by atoms with Crippen LogP contribution in [0.15, 0.2) is 24.3 Å². The summed E-state index contributed by atoms with van der Waals surface area (Å²) >= 11 is 3.48. The van der Waals surface area contributed by atoms with Crippen molar-refractivity contribution in [3.8, 4) is 5.75 Å². The molecule has 1 aromatic rings. The third-order valence-corrected chi connectivity index (χ3v) is 6.17. The highest BCUT2D eigenvalue weighted by molar-refractivity contribution is 9.09. The number of halogens is 1. The Balaban J connectivity index is 2.06. The van der Waals surface area contributed by atoms with E-state index in [1.807, 2.05) is 12.1 Å². The molecule has 0 amide bonds. The molecule has 0 aromatic heterocycles. The molecule has 1 N–H and O–H groups in total. The molecule has 18 heavy (non-hydrogen) atoms. The number of rotatable bonds is 4. The fourth-order valence-corrected chi connectivity index (χ4v) is 5.21. The summed E-state index contributed by atoms with van der Waals surface area (Å²) < 4.78 is 23.0. The standard InChI is InChI=1S/C13H17BrO3S/c14-8-12(11-4-5-18(16,17)9-11)6-10-2-1-3-13(15)7-10/h1-3,7,11-12,15H,4-6,8-9H2. The summed E-state index contributed by atoms with van der Waals surface area (Å²) in [7, 11) is -2.82. The minimum atomic E-state index is -2.82. The molecule has 0 bridgehead atoms. The van der Waals surface area contributed by atoms with Crippen LogP contribution in [0.2, 0.25) is 0 Å². The highest BCUT2D eigenvalue weighted by atomic mass is 79.9. The van der Waals surface area contributed by atoms with Crippen LogP contribution in [-0.2, 0) is 16.3 Å². The molecular weight excluding hydrogens is 316 g/mol. The van der Waals surface area contributed by atoms with Gasteiger partial charge in [0.25, 0.3) is 0 Å². The minimum Gasteiger partial charge on any atom is -0.508 e. The second-order valence-corrected chi connectivity index (χ2v) is 7.83. The van der Waals surface area contributed by atoms with Gasteiger partial charge in [-0.3, -0.25) is 0 Å². The number of alkyl halides is 1. The Hall–Kier alpha value is -0.550. The zero-order valence-corrected chi connectivity index (χ0v) is 12.5. The summed E-state index contributed by atoms with van der Waals surface area (Å²) in [5, 5.41) is 10.2. The second-order valence-electron chi connectivity index (χ2n) is 4.95. The minimum absolute atomic E-state index is 0.233. The zero-order chi connectivity index (χ0) is 13.2. The van der Waals surface area contributed by atoms with Crippen molar-refractivity contribution < 1.29 is 13.5 Å². The summed E-state index contributed by atoms with van der Waals surface area (Å²) in [6.07, 6.45) is 1.57. The Morgan fingerprint density at radius 2 is 2.22 bits per heavy atom. The van der Waals surface area contributed by atoms with Crippen LogP contribution in [0.5, 0.6) is 5.75 Å². The molecule has 0 spiro atoms. The van der Waals surface area contributed by atoms with Gasteiger partial charge in [-0.05, 0) is 42.4 Å². The van der Waals surface area contributed by atoms with E-state index in [2.05, 4.69) is 15.9 Å². The lowest BCUT2D eigenvalue weighted by atomic mass is 9.88. The summed E-state index contributed by atoms with van der Waals surface area (Å²) in [5.74, 6) is 1.43. The van der Waals surface area contributed by atoms with Crippen LogP contribution in [-0.4, -0.2) is 30.4 Å². The molecule has 100 valence electrons. The number of sulfone groups is 1. The van der Waals surface area contributed by atoms with Crippen molar-refractivity contribution in [2.45, 2.75) is 12.8 Å². The first kappa shape index (κ1) is 13.9. The maximum atomic E-state index is 11.5. The molecule has 0 saturated carbocycles. The molecule has 3 nitrogen and oxygen atoms in total. The molecular formula is C13H17BrO3S. The molecule has 2 unspecified atom stereocenters. The average Bonchev–Trinajstić information content (AvgIpc) is 2.66. The molecule has 0 radical (unpaired) electrons. The Bertz CT molecular complexity index is 513. The van der Waals surface area contributed by atoms with Crippen LogP contribution >= 0.6 is 15.9 Å². The Morgan fingerprint density at radius 1 is 1.44 bits per heavy atom. The quantitative estimate of drug-likeness (QED) is 0.861. The summed E-state index contributed by atoms with van der Waals surface area (Å²) in [6, 6.07) is 7.19. The van der Waals surface area contributed by atoms with Crippen LogP contribution in [0.1, 0.15) is 12.0 Å². The number of benzene rings is 1. The molecule has 1 aliphatic heterocycles. The number of phenolic OH excluding ortho intramolecular Hbond substituents is 1. The second kappa shape index (κ2) is 5.61. The summed E-state index contributed by atoms with van der Waals surface area (Å²) in [4.78, 5) is 0. The highest BCUT2D eigenvalue weighted by Gasteiger charge is 2.33. The number of hydrogen-bond acceptors (Lipinski definition) is 3. The highest BCUT2D eigenvalue weighted by Crippen LogP contribution is 2.30. The maximum absolute atomic E-state index is 11.5. The summed E-state index contributed by atoms with van der Waals surface area (Å²) in [5.41, 5.74) is 1.06. The average molecular weight is 333 g/mol. The van der Waals surface area contributed by atoms with Crippen LogP contribution in [0.25, 0.3) is 0 Å². The summed E-state index contributed by atoms with van der Waals surface area (Å²) in [6.45, 7) is 0. The Labute approximate surface area is 116 Å². The molecule has 1 aromatic carbocycles. The SMILES string of the molecule is O=S1(=O)CCC(C(CBr)Cc2cccc(O)c2)C1. The Kier molecular flexibility index (Phi) is 4.33. The molecule has 5 heteroatoms. The van der Waals surface area contributed by atoms with Gasteiger partial charge < -0.3 is 5.11 Å². The van der Waals surface area contributed by atoms with Crippen LogP contribution in [0.3, 0.4) is 0 Å². The molecule has 1 aliphatic rings. The fourth-order valence-electron chi connectivity index (χ4n) is 2.53. The topological polar surface area (TPSA) is 54.4 Å². The van der Waals surface area contributed by atoms with Gasteiger partial charge in [0.2, 0.25) is 0 Å². The van der Waals surface area contributed by atoms with Gasteiger partial charge in [0.05, 0.1) is 11.5 Å². The van der Waals surface area contributed by atoms with Gasteiger partial charge in [0, 0.05) is 5.33 Å². The fraction of sp³-hybridized carbons (Fsp3) is 0.538. The van der Waals surface area contributed by atoms with Gasteiger partial charge in [0.15, 0.2) is 9.84 Å². The van der Waals surface area contributed by atoms with Crippen LogP contribution in [0.4, 0.5) is 0 Å². The van der Waals surface area contributed by atoms with Crippen molar-refractivity contribution in [2.24, 2.45) is 11.8 Å². The molecule has 1 fully saturated rings. The normalized spacial score (nSPS) is 23.9. The molecule has 2 atom stereocenters. The number of aromatic hydroxyl groups is 1. The van der Waals surface area contributed by atoms with Crippen molar-refractivity contribution in [3.63, 3.8) is 0 Å². The molecule has 0 aliphatic carbocycles. The van der Waals surface area contributed by atoms with Gasteiger partial charge in [-0.25, -0.2) is 8.42 Å².